The molecule has 0 aromatic heterocycles. The van der Waals surface area contributed by atoms with Crippen LogP contribution in [0, 0.1) is 23.7 Å². The molecule has 0 aromatic carbocycles. The molecule has 3 rings (SSSR count). The zero-order valence-electron chi connectivity index (χ0n) is 7.69. The summed E-state index contributed by atoms with van der Waals surface area (Å²) >= 11 is 0. The predicted molar refractivity (Wildman–Crippen MR) is 44.1 cm³/mol. The van der Waals surface area contributed by atoms with E-state index >= 15 is 0 Å². The number of rotatable bonds is 1. The molecule has 2 heteroatoms. The molecule has 0 saturated heterocycles. The molecular weight excluding hydrogens is 158 g/mol. The monoisotopic (exact) mass is 174 g/mol. The van der Waals surface area contributed by atoms with Crippen LogP contribution < -0.4 is 0 Å². The lowest BCUT2D eigenvalue weighted by Gasteiger charge is -2.52. The molecule has 3 aliphatic rings. The summed E-state index contributed by atoms with van der Waals surface area (Å²) in [5, 5.41) is 0. The lowest BCUT2D eigenvalue weighted by molar-refractivity contribution is -0.225. The van der Waals surface area contributed by atoms with Gasteiger partial charge in [0.2, 0.25) is 0 Å². The van der Waals surface area contributed by atoms with E-state index in [0.717, 1.165) is 19.3 Å². The van der Waals surface area contributed by atoms with Gasteiger partial charge in [0, 0.05) is 11.8 Å². The fourth-order valence-electron chi connectivity index (χ4n) is 2.71. The molecule has 2 bridgehead atoms. The third kappa shape index (κ3) is 0.997. The molecule has 3 aliphatic carbocycles. The van der Waals surface area contributed by atoms with Gasteiger partial charge in [0.15, 0.2) is 0 Å². The molecule has 0 aliphatic heterocycles. The maximum Gasteiger partial charge on any atom is 0.253 e. The maximum atomic E-state index is 13.1. The standard InChI is InChI=1S/C10H16F2/c1-6(2)7-3-8-5-9(4-7)10(8,11)12/h6-9H,3-5H2,1-2H3. The molecule has 0 amide bonds. The van der Waals surface area contributed by atoms with E-state index in [0.29, 0.717) is 11.8 Å². The largest absolute Gasteiger partial charge is 0.253 e. The summed E-state index contributed by atoms with van der Waals surface area (Å²) < 4.78 is 26.2. The topological polar surface area (TPSA) is 0 Å². The minimum atomic E-state index is -2.30. The Labute approximate surface area is 72.3 Å². The summed E-state index contributed by atoms with van der Waals surface area (Å²) in [4.78, 5) is 0. The fraction of sp³-hybridized carbons (Fsp3) is 1.00. The number of halogens is 2. The van der Waals surface area contributed by atoms with Crippen LogP contribution in [-0.4, -0.2) is 5.92 Å². The summed E-state index contributed by atoms with van der Waals surface area (Å²) in [5.74, 6) is -1.70. The van der Waals surface area contributed by atoms with Gasteiger partial charge in [-0.2, -0.15) is 0 Å². The normalized spacial score (nSPS) is 44.2. The van der Waals surface area contributed by atoms with Crippen LogP contribution in [0.3, 0.4) is 0 Å². The first kappa shape index (κ1) is 8.46. The van der Waals surface area contributed by atoms with E-state index in [2.05, 4.69) is 13.8 Å². The van der Waals surface area contributed by atoms with Gasteiger partial charge < -0.3 is 0 Å². The molecule has 70 valence electrons. The van der Waals surface area contributed by atoms with Crippen molar-refractivity contribution in [1.29, 1.82) is 0 Å². The number of hydrogen-bond acceptors (Lipinski definition) is 0. The second-order valence-electron chi connectivity index (χ2n) is 4.78. The van der Waals surface area contributed by atoms with Crippen molar-refractivity contribution < 1.29 is 8.78 Å². The van der Waals surface area contributed by atoms with E-state index in [1.54, 1.807) is 0 Å². The number of alkyl halides is 2. The highest BCUT2D eigenvalue weighted by atomic mass is 19.3. The van der Waals surface area contributed by atoms with Crippen LogP contribution in [0.15, 0.2) is 0 Å². The second-order valence-corrected chi connectivity index (χ2v) is 4.78. The van der Waals surface area contributed by atoms with Crippen molar-refractivity contribution in [1.82, 2.24) is 0 Å². The van der Waals surface area contributed by atoms with Crippen LogP contribution in [0.25, 0.3) is 0 Å². The van der Waals surface area contributed by atoms with Gasteiger partial charge in [0.1, 0.15) is 0 Å². The summed E-state index contributed by atoms with van der Waals surface area (Å²) in [6, 6.07) is 0. The van der Waals surface area contributed by atoms with Crippen LogP contribution in [0.2, 0.25) is 0 Å². The summed E-state index contributed by atoms with van der Waals surface area (Å²) in [5.41, 5.74) is 0. The third-order valence-corrected chi connectivity index (χ3v) is 3.77. The molecule has 12 heavy (non-hydrogen) atoms. The average Bonchev–Trinajstić information content (AvgIpc) is 2.04. The molecule has 2 atom stereocenters. The maximum absolute atomic E-state index is 13.1. The van der Waals surface area contributed by atoms with Crippen LogP contribution >= 0.6 is 0 Å². The Hall–Kier alpha value is -0.140. The van der Waals surface area contributed by atoms with Gasteiger partial charge in [-0.05, 0) is 31.1 Å². The van der Waals surface area contributed by atoms with Gasteiger partial charge in [-0.3, -0.25) is 0 Å². The Morgan fingerprint density at radius 1 is 1.08 bits per heavy atom. The van der Waals surface area contributed by atoms with Crippen LogP contribution in [-0.2, 0) is 0 Å². The molecule has 3 saturated carbocycles. The minimum absolute atomic E-state index is 0.274. The third-order valence-electron chi connectivity index (χ3n) is 3.77. The first-order chi connectivity index (χ1) is 5.51. The molecule has 0 nitrogen and oxygen atoms in total. The fourth-order valence-corrected chi connectivity index (χ4v) is 2.71. The van der Waals surface area contributed by atoms with Gasteiger partial charge in [0.05, 0.1) is 0 Å². The quantitative estimate of drug-likeness (QED) is 0.572. The van der Waals surface area contributed by atoms with Gasteiger partial charge in [0.25, 0.3) is 5.92 Å². The highest BCUT2D eigenvalue weighted by Crippen LogP contribution is 2.59. The van der Waals surface area contributed by atoms with Crippen molar-refractivity contribution in [2.75, 3.05) is 0 Å². The SMILES string of the molecule is CC(C)C1CC2CC(C1)C2(F)F. The number of hydrogen-bond donors (Lipinski definition) is 0. The van der Waals surface area contributed by atoms with E-state index < -0.39 is 5.92 Å². The highest BCUT2D eigenvalue weighted by Gasteiger charge is 2.60. The van der Waals surface area contributed by atoms with Crippen LogP contribution in [0.5, 0.6) is 0 Å². The number of fused-ring (bicyclic) bond motifs is 2. The first-order valence-corrected chi connectivity index (χ1v) is 4.89. The van der Waals surface area contributed by atoms with Gasteiger partial charge in [-0.25, -0.2) is 8.78 Å². The van der Waals surface area contributed by atoms with E-state index in [4.69, 9.17) is 0 Å². The lowest BCUT2D eigenvalue weighted by atomic mass is 9.56. The van der Waals surface area contributed by atoms with Gasteiger partial charge in [-0.15, -0.1) is 0 Å². The van der Waals surface area contributed by atoms with E-state index in [1.807, 2.05) is 0 Å². The van der Waals surface area contributed by atoms with Crippen molar-refractivity contribution in [3.63, 3.8) is 0 Å². The molecule has 0 heterocycles. The summed E-state index contributed by atoms with van der Waals surface area (Å²) in [6.07, 6.45) is 2.32. The molecule has 0 radical (unpaired) electrons. The van der Waals surface area contributed by atoms with Crippen molar-refractivity contribution in [3.8, 4) is 0 Å². The molecular formula is C10H16F2. The van der Waals surface area contributed by atoms with E-state index in [1.165, 1.54) is 0 Å². The van der Waals surface area contributed by atoms with E-state index in [-0.39, 0.29) is 11.8 Å². The van der Waals surface area contributed by atoms with Crippen molar-refractivity contribution >= 4 is 0 Å². The molecule has 3 fully saturated rings. The second kappa shape index (κ2) is 2.43. The smallest absolute Gasteiger partial charge is 0.206 e. The van der Waals surface area contributed by atoms with Crippen LogP contribution in [0.1, 0.15) is 33.1 Å². The van der Waals surface area contributed by atoms with Gasteiger partial charge in [-0.1, -0.05) is 13.8 Å². The Kier molecular flexibility index (Phi) is 1.71. The molecule has 0 N–H and O–H groups in total. The summed E-state index contributed by atoms with van der Waals surface area (Å²) in [7, 11) is 0. The summed E-state index contributed by atoms with van der Waals surface area (Å²) in [6.45, 7) is 4.29. The Balaban J connectivity index is 2.01. The van der Waals surface area contributed by atoms with E-state index in [9.17, 15) is 8.78 Å². The first-order valence-electron chi connectivity index (χ1n) is 4.89. The minimum Gasteiger partial charge on any atom is -0.206 e. The van der Waals surface area contributed by atoms with Crippen LogP contribution in [0.4, 0.5) is 8.78 Å². The molecule has 0 spiro atoms. The zero-order valence-corrected chi connectivity index (χ0v) is 7.69. The van der Waals surface area contributed by atoms with Crippen molar-refractivity contribution in [3.05, 3.63) is 0 Å². The highest BCUT2D eigenvalue weighted by molar-refractivity contribution is 5.02. The van der Waals surface area contributed by atoms with Gasteiger partial charge >= 0.3 is 0 Å². The van der Waals surface area contributed by atoms with Crippen molar-refractivity contribution in [2.45, 2.75) is 39.0 Å². The molecule has 2 unspecified atom stereocenters. The predicted octanol–water partition coefficient (Wildman–Crippen LogP) is 3.32. The Morgan fingerprint density at radius 2 is 1.58 bits per heavy atom. The zero-order chi connectivity index (χ0) is 8.93. The average molecular weight is 174 g/mol. The Morgan fingerprint density at radius 3 is 1.92 bits per heavy atom. The lowest BCUT2D eigenvalue weighted by Crippen LogP contribution is -2.54. The van der Waals surface area contributed by atoms with Crippen molar-refractivity contribution in [2.24, 2.45) is 23.7 Å². The molecule has 0 aromatic rings. The Bertz CT molecular complexity index is 172.